The summed E-state index contributed by atoms with van der Waals surface area (Å²) < 4.78 is 0. The van der Waals surface area contributed by atoms with Gasteiger partial charge in [-0.25, -0.2) is 0 Å². The highest BCUT2D eigenvalue weighted by atomic mass is 35.5. The second-order valence-electron chi connectivity index (χ2n) is 2.91. The highest BCUT2D eigenvalue weighted by Gasteiger charge is 1.92. The molecule has 0 unspecified atom stereocenters. The Morgan fingerprint density at radius 3 is 2.00 bits per heavy atom. The van der Waals surface area contributed by atoms with Gasteiger partial charge in [-0.3, -0.25) is 0 Å². The maximum Gasteiger partial charge on any atom is 0.00349 e. The monoisotopic (exact) mass is 158 g/mol. The molecule has 0 N–H and O–H groups in total. The Morgan fingerprint density at radius 1 is 1.20 bits per heavy atom. The third-order valence-corrected chi connectivity index (χ3v) is 1.96. The topological polar surface area (TPSA) is 0 Å². The molecule has 0 aromatic heterocycles. The summed E-state index contributed by atoms with van der Waals surface area (Å²) >= 11 is 5.52. The minimum absolute atomic E-state index is 1.01. The van der Waals surface area contributed by atoms with E-state index in [1.54, 1.807) is 5.54 Å². The smallest absolute Gasteiger partial charge is 0.00349 e. The molecule has 0 aromatic carbocycles. The molecule has 10 heavy (non-hydrogen) atoms. The van der Waals surface area contributed by atoms with Crippen LogP contribution in [0.4, 0.5) is 0 Å². The van der Waals surface area contributed by atoms with Crippen molar-refractivity contribution in [3.05, 3.63) is 22.3 Å². The van der Waals surface area contributed by atoms with Gasteiger partial charge in [0.1, 0.15) is 0 Å². The van der Waals surface area contributed by atoms with Crippen molar-refractivity contribution in [2.24, 2.45) is 0 Å². The summed E-state index contributed by atoms with van der Waals surface area (Å²) in [6.45, 7) is 8.42. The Kier molecular flexibility index (Phi) is 4.46. The lowest BCUT2D eigenvalue weighted by molar-refractivity contribution is 1.07. The van der Waals surface area contributed by atoms with E-state index >= 15 is 0 Å². The van der Waals surface area contributed by atoms with Crippen molar-refractivity contribution in [2.75, 3.05) is 0 Å². The van der Waals surface area contributed by atoms with Gasteiger partial charge in [-0.2, -0.15) is 0 Å². The first kappa shape index (κ1) is 9.77. The molecular weight excluding hydrogens is 144 g/mol. The summed E-state index contributed by atoms with van der Waals surface area (Å²) in [4.78, 5) is 0. The molecule has 0 bridgehead atoms. The second kappa shape index (κ2) is 4.56. The van der Waals surface area contributed by atoms with Crippen molar-refractivity contribution < 1.29 is 0 Å². The van der Waals surface area contributed by atoms with Gasteiger partial charge < -0.3 is 0 Å². The van der Waals surface area contributed by atoms with Gasteiger partial charge in [0.2, 0.25) is 0 Å². The molecule has 0 fully saturated rings. The van der Waals surface area contributed by atoms with E-state index in [4.69, 9.17) is 11.6 Å². The molecule has 1 heteroatoms. The summed E-state index contributed by atoms with van der Waals surface area (Å²) in [6, 6.07) is 0. The van der Waals surface area contributed by atoms with Crippen molar-refractivity contribution in [1.82, 2.24) is 0 Å². The van der Waals surface area contributed by atoms with E-state index in [-0.39, 0.29) is 0 Å². The van der Waals surface area contributed by atoms with Crippen LogP contribution in [0.3, 0.4) is 0 Å². The standard InChI is InChI=1S/C9H15Cl/c1-7(2)9(4)5-8(3)6-10/h6H,5H2,1-4H3. The molecule has 0 aliphatic heterocycles. The van der Waals surface area contributed by atoms with Crippen LogP contribution < -0.4 is 0 Å². The predicted molar refractivity (Wildman–Crippen MR) is 48.3 cm³/mol. The van der Waals surface area contributed by atoms with Crippen molar-refractivity contribution >= 4 is 11.6 Å². The molecule has 0 spiro atoms. The summed E-state index contributed by atoms with van der Waals surface area (Å²) in [5.74, 6) is 0. The van der Waals surface area contributed by atoms with E-state index in [0.717, 1.165) is 6.42 Å². The van der Waals surface area contributed by atoms with Gasteiger partial charge in [-0.05, 0) is 34.1 Å². The van der Waals surface area contributed by atoms with Gasteiger partial charge in [0, 0.05) is 5.54 Å². The van der Waals surface area contributed by atoms with Gasteiger partial charge >= 0.3 is 0 Å². The van der Waals surface area contributed by atoms with Crippen LogP contribution in [0.5, 0.6) is 0 Å². The van der Waals surface area contributed by atoms with Crippen molar-refractivity contribution in [3.8, 4) is 0 Å². The maximum atomic E-state index is 5.52. The molecule has 0 saturated carbocycles. The zero-order valence-corrected chi connectivity index (χ0v) is 7.92. The molecular formula is C9H15Cl. The van der Waals surface area contributed by atoms with Gasteiger partial charge in [0.15, 0.2) is 0 Å². The first-order valence-corrected chi connectivity index (χ1v) is 3.90. The lowest BCUT2D eigenvalue weighted by atomic mass is 10.1. The fourth-order valence-electron chi connectivity index (χ4n) is 0.634. The molecule has 0 amide bonds. The number of allylic oxidation sites excluding steroid dienone is 3. The van der Waals surface area contributed by atoms with E-state index in [1.165, 1.54) is 16.7 Å². The van der Waals surface area contributed by atoms with Crippen LogP contribution in [-0.4, -0.2) is 0 Å². The molecule has 0 atom stereocenters. The molecule has 0 aliphatic carbocycles. The highest BCUT2D eigenvalue weighted by Crippen LogP contribution is 2.13. The average molecular weight is 159 g/mol. The van der Waals surface area contributed by atoms with Crippen molar-refractivity contribution in [3.63, 3.8) is 0 Å². The molecule has 0 heterocycles. The third-order valence-electron chi connectivity index (χ3n) is 1.58. The fraction of sp³-hybridized carbons (Fsp3) is 0.556. The molecule has 0 aromatic rings. The van der Waals surface area contributed by atoms with E-state index in [2.05, 4.69) is 20.8 Å². The van der Waals surface area contributed by atoms with E-state index < -0.39 is 0 Å². The molecule has 0 nitrogen and oxygen atoms in total. The van der Waals surface area contributed by atoms with E-state index in [0.29, 0.717) is 0 Å². The van der Waals surface area contributed by atoms with E-state index in [9.17, 15) is 0 Å². The zero-order chi connectivity index (χ0) is 8.15. The Bertz CT molecular complexity index is 160. The Labute approximate surface area is 68.6 Å². The summed E-state index contributed by atoms with van der Waals surface area (Å²) in [6.07, 6.45) is 1.01. The fourth-order valence-corrected chi connectivity index (χ4v) is 0.711. The third kappa shape index (κ3) is 3.73. The van der Waals surface area contributed by atoms with Crippen molar-refractivity contribution in [1.29, 1.82) is 0 Å². The van der Waals surface area contributed by atoms with Crippen LogP contribution in [0.1, 0.15) is 34.1 Å². The number of halogens is 1. The molecule has 0 radical (unpaired) electrons. The Morgan fingerprint density at radius 2 is 1.70 bits per heavy atom. The Balaban J connectivity index is 4.05. The SMILES string of the molecule is CC(=CCl)CC(C)=C(C)C. The van der Waals surface area contributed by atoms with Crippen LogP contribution >= 0.6 is 11.6 Å². The Hall–Kier alpha value is -0.230. The molecule has 0 aliphatic rings. The molecule has 0 rings (SSSR count). The van der Waals surface area contributed by atoms with Crippen LogP contribution in [-0.2, 0) is 0 Å². The first-order chi connectivity index (χ1) is 4.57. The minimum atomic E-state index is 1.01. The number of hydrogen-bond acceptors (Lipinski definition) is 0. The minimum Gasteiger partial charge on any atom is -0.0930 e. The summed E-state index contributed by atoms with van der Waals surface area (Å²) in [7, 11) is 0. The largest absolute Gasteiger partial charge is 0.0930 e. The summed E-state index contributed by atoms with van der Waals surface area (Å²) in [5.41, 5.74) is 5.67. The zero-order valence-electron chi connectivity index (χ0n) is 7.16. The van der Waals surface area contributed by atoms with Gasteiger partial charge in [0.25, 0.3) is 0 Å². The normalized spacial score (nSPS) is 11.5. The van der Waals surface area contributed by atoms with Crippen LogP contribution in [0.2, 0.25) is 0 Å². The van der Waals surface area contributed by atoms with Gasteiger partial charge in [0.05, 0.1) is 0 Å². The van der Waals surface area contributed by atoms with Crippen LogP contribution in [0.15, 0.2) is 22.3 Å². The number of hydrogen-bond donors (Lipinski definition) is 0. The second-order valence-corrected chi connectivity index (χ2v) is 3.13. The lowest BCUT2D eigenvalue weighted by Crippen LogP contribution is -1.81. The quantitative estimate of drug-likeness (QED) is 0.536. The van der Waals surface area contributed by atoms with Gasteiger partial charge in [-0.1, -0.05) is 28.3 Å². The molecule has 0 saturated heterocycles. The van der Waals surface area contributed by atoms with Crippen LogP contribution in [0, 0.1) is 0 Å². The van der Waals surface area contributed by atoms with Crippen LogP contribution in [0.25, 0.3) is 0 Å². The molecule has 58 valence electrons. The summed E-state index contributed by atoms with van der Waals surface area (Å²) in [5, 5.41) is 0. The van der Waals surface area contributed by atoms with Crippen molar-refractivity contribution in [2.45, 2.75) is 34.1 Å². The average Bonchev–Trinajstić information content (AvgIpc) is 1.87. The lowest BCUT2D eigenvalue weighted by Gasteiger charge is -2.02. The van der Waals surface area contributed by atoms with Gasteiger partial charge in [-0.15, -0.1) is 0 Å². The highest BCUT2D eigenvalue weighted by molar-refractivity contribution is 6.25. The predicted octanol–water partition coefficient (Wildman–Crippen LogP) is 3.88. The van der Waals surface area contributed by atoms with E-state index in [1.807, 2.05) is 6.92 Å². The number of rotatable bonds is 2. The first-order valence-electron chi connectivity index (χ1n) is 3.46. The maximum absolute atomic E-state index is 5.52.